The number of amides is 2. The lowest BCUT2D eigenvalue weighted by atomic mass is 10.1. The molecule has 0 radical (unpaired) electrons. The second-order valence-corrected chi connectivity index (χ2v) is 4.73. The Kier molecular flexibility index (Phi) is 5.00. The molecule has 7 nitrogen and oxygen atoms in total. The Balaban J connectivity index is 2.11. The minimum Gasteiger partial charge on any atom is -0.366 e. The van der Waals surface area contributed by atoms with Crippen LogP contribution in [0.2, 0.25) is 0 Å². The molecular formula is C16H12FN3O4. The Labute approximate surface area is 135 Å². The number of carbonyl (C=O) groups excluding carboxylic acids is 2. The van der Waals surface area contributed by atoms with Gasteiger partial charge in [-0.05, 0) is 29.8 Å². The number of nitro benzene ring substituents is 1. The van der Waals surface area contributed by atoms with Gasteiger partial charge in [-0.2, -0.15) is 0 Å². The molecule has 0 atom stereocenters. The van der Waals surface area contributed by atoms with Crippen LogP contribution in [0.5, 0.6) is 0 Å². The minimum atomic E-state index is -0.948. The summed E-state index contributed by atoms with van der Waals surface area (Å²) >= 11 is 0. The molecule has 2 aromatic rings. The lowest BCUT2D eigenvalue weighted by molar-refractivity contribution is -0.384. The highest BCUT2D eigenvalue weighted by atomic mass is 19.1. The number of nitrogens with one attached hydrogen (secondary N) is 1. The number of primary amides is 1. The van der Waals surface area contributed by atoms with Crippen LogP contribution in [0, 0.1) is 15.9 Å². The van der Waals surface area contributed by atoms with Crippen molar-refractivity contribution in [2.45, 2.75) is 0 Å². The molecule has 2 aromatic carbocycles. The molecule has 0 saturated carbocycles. The van der Waals surface area contributed by atoms with E-state index in [0.717, 1.165) is 18.2 Å². The number of halogens is 1. The number of nitrogens with two attached hydrogens (primary N) is 1. The number of nitro groups is 1. The van der Waals surface area contributed by atoms with E-state index in [0.29, 0.717) is 5.56 Å². The first-order valence-corrected chi connectivity index (χ1v) is 6.69. The van der Waals surface area contributed by atoms with E-state index in [1.807, 2.05) is 0 Å². The van der Waals surface area contributed by atoms with E-state index in [-0.39, 0.29) is 16.9 Å². The maximum absolute atomic E-state index is 13.3. The summed E-state index contributed by atoms with van der Waals surface area (Å²) in [5, 5.41) is 13.1. The second-order valence-electron chi connectivity index (χ2n) is 4.73. The Hall–Kier alpha value is -3.55. The van der Waals surface area contributed by atoms with Crippen molar-refractivity contribution in [1.29, 1.82) is 0 Å². The molecule has 122 valence electrons. The van der Waals surface area contributed by atoms with E-state index in [1.54, 1.807) is 6.07 Å². The maximum atomic E-state index is 13.3. The van der Waals surface area contributed by atoms with Crippen molar-refractivity contribution >= 4 is 29.3 Å². The molecule has 2 amide bonds. The van der Waals surface area contributed by atoms with Crippen molar-refractivity contribution in [1.82, 2.24) is 0 Å². The normalized spacial score (nSPS) is 10.5. The van der Waals surface area contributed by atoms with Gasteiger partial charge in [0.2, 0.25) is 5.91 Å². The monoisotopic (exact) mass is 329 g/mol. The number of nitrogens with zero attached hydrogens (tertiary/aromatic N) is 1. The molecule has 0 spiro atoms. The predicted octanol–water partition coefficient (Wildman–Crippen LogP) is 2.48. The van der Waals surface area contributed by atoms with Crippen molar-refractivity contribution in [3.63, 3.8) is 0 Å². The largest absolute Gasteiger partial charge is 0.366 e. The van der Waals surface area contributed by atoms with E-state index in [2.05, 4.69) is 5.32 Å². The molecule has 0 unspecified atom stereocenters. The van der Waals surface area contributed by atoms with Gasteiger partial charge in [0.05, 0.1) is 10.5 Å². The van der Waals surface area contributed by atoms with Gasteiger partial charge in [0.15, 0.2) is 0 Å². The molecule has 0 bridgehead atoms. The fraction of sp³-hybridized carbons (Fsp3) is 0. The topological polar surface area (TPSA) is 115 Å². The van der Waals surface area contributed by atoms with Gasteiger partial charge < -0.3 is 11.1 Å². The van der Waals surface area contributed by atoms with Crippen LogP contribution in [-0.4, -0.2) is 16.7 Å². The lowest BCUT2D eigenvalue weighted by Crippen LogP contribution is -2.14. The van der Waals surface area contributed by atoms with Crippen molar-refractivity contribution in [2.24, 2.45) is 5.73 Å². The van der Waals surface area contributed by atoms with Crippen LogP contribution in [0.25, 0.3) is 6.08 Å². The smallest absolute Gasteiger partial charge is 0.270 e. The zero-order valence-electron chi connectivity index (χ0n) is 12.2. The van der Waals surface area contributed by atoms with Crippen LogP contribution >= 0.6 is 0 Å². The summed E-state index contributed by atoms with van der Waals surface area (Å²) in [6.07, 6.45) is 2.55. The first kappa shape index (κ1) is 16.8. The summed E-state index contributed by atoms with van der Waals surface area (Å²) < 4.78 is 13.3. The van der Waals surface area contributed by atoms with E-state index < -0.39 is 22.6 Å². The van der Waals surface area contributed by atoms with Gasteiger partial charge in [0, 0.05) is 23.9 Å². The van der Waals surface area contributed by atoms with Crippen molar-refractivity contribution in [2.75, 3.05) is 5.32 Å². The van der Waals surface area contributed by atoms with Gasteiger partial charge >= 0.3 is 0 Å². The maximum Gasteiger partial charge on any atom is 0.270 e. The third-order valence-electron chi connectivity index (χ3n) is 3.01. The Morgan fingerprint density at radius 3 is 2.62 bits per heavy atom. The number of benzene rings is 2. The molecular weight excluding hydrogens is 317 g/mol. The van der Waals surface area contributed by atoms with Crippen LogP contribution < -0.4 is 11.1 Å². The highest BCUT2D eigenvalue weighted by Gasteiger charge is 2.10. The molecule has 24 heavy (non-hydrogen) atoms. The van der Waals surface area contributed by atoms with E-state index in [1.165, 1.54) is 30.3 Å². The first-order valence-electron chi connectivity index (χ1n) is 6.69. The third kappa shape index (κ3) is 4.23. The summed E-state index contributed by atoms with van der Waals surface area (Å²) in [4.78, 5) is 33.0. The highest BCUT2D eigenvalue weighted by molar-refractivity contribution is 6.03. The molecule has 0 fully saturated rings. The predicted molar refractivity (Wildman–Crippen MR) is 85.7 cm³/mol. The van der Waals surface area contributed by atoms with Crippen LogP contribution in [0.15, 0.2) is 48.5 Å². The quantitative estimate of drug-likeness (QED) is 0.498. The third-order valence-corrected chi connectivity index (χ3v) is 3.01. The number of rotatable bonds is 5. The number of carbonyl (C=O) groups is 2. The zero-order valence-corrected chi connectivity index (χ0v) is 12.2. The molecule has 0 aromatic heterocycles. The van der Waals surface area contributed by atoms with Gasteiger partial charge in [0.25, 0.3) is 11.6 Å². The van der Waals surface area contributed by atoms with Crippen molar-refractivity contribution in [3.8, 4) is 0 Å². The average Bonchev–Trinajstić information content (AvgIpc) is 2.54. The number of anilines is 1. The van der Waals surface area contributed by atoms with Crippen LogP contribution in [0.1, 0.15) is 15.9 Å². The molecule has 0 aliphatic heterocycles. The fourth-order valence-electron chi connectivity index (χ4n) is 1.89. The SMILES string of the molecule is NC(=O)c1cc(NC(=O)C=Cc2cccc([N+](=O)[O-])c2)ccc1F. The molecule has 0 aliphatic carbocycles. The molecule has 0 aliphatic rings. The summed E-state index contributed by atoms with van der Waals surface area (Å²) in [5.41, 5.74) is 5.26. The summed E-state index contributed by atoms with van der Waals surface area (Å²) in [6, 6.07) is 9.15. The van der Waals surface area contributed by atoms with Gasteiger partial charge in [0.1, 0.15) is 5.82 Å². The van der Waals surface area contributed by atoms with Crippen molar-refractivity contribution in [3.05, 3.63) is 75.6 Å². The van der Waals surface area contributed by atoms with Gasteiger partial charge in [-0.15, -0.1) is 0 Å². The molecule has 0 saturated heterocycles. The van der Waals surface area contributed by atoms with E-state index in [9.17, 15) is 24.1 Å². The van der Waals surface area contributed by atoms with Gasteiger partial charge in [-0.25, -0.2) is 4.39 Å². The Morgan fingerprint density at radius 1 is 1.21 bits per heavy atom. The number of hydrogen-bond acceptors (Lipinski definition) is 4. The second kappa shape index (κ2) is 7.14. The molecule has 8 heteroatoms. The van der Waals surface area contributed by atoms with Crippen LogP contribution in [0.3, 0.4) is 0 Å². The summed E-state index contributed by atoms with van der Waals surface area (Å²) in [5.74, 6) is -2.29. The average molecular weight is 329 g/mol. The lowest BCUT2D eigenvalue weighted by Gasteiger charge is -2.04. The van der Waals surface area contributed by atoms with E-state index >= 15 is 0 Å². The fourth-order valence-corrected chi connectivity index (χ4v) is 1.89. The van der Waals surface area contributed by atoms with Gasteiger partial charge in [-0.3, -0.25) is 19.7 Å². The number of non-ortho nitro benzene ring substituents is 1. The highest BCUT2D eigenvalue weighted by Crippen LogP contribution is 2.16. The summed E-state index contributed by atoms with van der Waals surface area (Å²) in [7, 11) is 0. The Morgan fingerprint density at radius 2 is 1.96 bits per heavy atom. The van der Waals surface area contributed by atoms with Crippen LogP contribution in [-0.2, 0) is 4.79 Å². The van der Waals surface area contributed by atoms with Gasteiger partial charge in [-0.1, -0.05) is 12.1 Å². The Bertz CT molecular complexity index is 849. The number of hydrogen-bond donors (Lipinski definition) is 2. The van der Waals surface area contributed by atoms with Crippen LogP contribution in [0.4, 0.5) is 15.8 Å². The van der Waals surface area contributed by atoms with E-state index in [4.69, 9.17) is 5.73 Å². The standard InChI is InChI=1S/C16H12FN3O4/c17-14-6-5-11(9-13(14)16(18)22)19-15(21)7-4-10-2-1-3-12(8-10)20(23)24/h1-9H,(H2,18,22)(H,19,21). The zero-order chi connectivity index (χ0) is 17.7. The molecule has 3 N–H and O–H groups in total. The minimum absolute atomic E-state index is 0.0952. The summed E-state index contributed by atoms with van der Waals surface area (Å²) in [6.45, 7) is 0. The first-order chi connectivity index (χ1) is 11.4. The molecule has 2 rings (SSSR count). The molecule has 0 heterocycles. The van der Waals surface area contributed by atoms with Crippen molar-refractivity contribution < 1.29 is 18.9 Å².